The monoisotopic (exact) mass is 486 g/mol. The molecule has 3 unspecified atom stereocenters. The molecule has 1 N–H and O–H groups in total. The highest BCUT2D eigenvalue weighted by Gasteiger charge is 2.47. The maximum atomic E-state index is 9.44. The Morgan fingerprint density at radius 2 is 1.86 bits per heavy atom. The number of aliphatic hydroxyl groups is 1. The van der Waals surface area contributed by atoms with E-state index in [0.717, 1.165) is 71.0 Å². The second kappa shape index (κ2) is 14.0. The molecule has 4 fully saturated rings. The molecule has 2 saturated carbocycles. The first-order valence-corrected chi connectivity index (χ1v) is 14.1. The molecule has 2 saturated heterocycles. The Morgan fingerprint density at radius 3 is 2.54 bits per heavy atom. The summed E-state index contributed by atoms with van der Waals surface area (Å²) in [4.78, 5) is 0. The van der Waals surface area contributed by atoms with E-state index in [9.17, 15) is 5.11 Å². The van der Waals surface area contributed by atoms with Crippen LogP contribution in [0, 0.1) is 35.5 Å². The van der Waals surface area contributed by atoms with Gasteiger partial charge in [0.2, 0.25) is 0 Å². The quantitative estimate of drug-likeness (QED) is 0.314. The summed E-state index contributed by atoms with van der Waals surface area (Å²) in [6.07, 6.45) is 18.5. The SMILES string of the molecule is CC#CCCC(C)[C@@H](C=C[C@@H]1[C@H]2CC(=CCO)C[C@H]2C[C@H]1OC1CCCCO1)OC1CCCCO1. The molecule has 2 aliphatic heterocycles. The van der Waals surface area contributed by atoms with E-state index in [1.54, 1.807) is 0 Å². The lowest BCUT2D eigenvalue weighted by atomic mass is 9.89. The van der Waals surface area contributed by atoms with Gasteiger partial charge in [-0.25, -0.2) is 0 Å². The van der Waals surface area contributed by atoms with Gasteiger partial charge in [-0.2, -0.15) is 0 Å². The van der Waals surface area contributed by atoms with Crippen molar-refractivity contribution < 1.29 is 24.1 Å². The normalized spacial score (nSPS) is 36.1. The molecule has 2 aliphatic carbocycles. The Labute approximate surface area is 212 Å². The zero-order valence-corrected chi connectivity index (χ0v) is 21.8. The van der Waals surface area contributed by atoms with Crippen LogP contribution in [0.2, 0.25) is 0 Å². The van der Waals surface area contributed by atoms with Crippen molar-refractivity contribution in [3.8, 4) is 11.8 Å². The zero-order valence-electron chi connectivity index (χ0n) is 21.8. The minimum absolute atomic E-state index is 0.0104. The van der Waals surface area contributed by atoms with Crippen LogP contribution in [0.1, 0.15) is 84.5 Å². The number of hydrogen-bond donors (Lipinski definition) is 1. The van der Waals surface area contributed by atoms with E-state index in [1.165, 1.54) is 18.4 Å². The Balaban J connectivity index is 1.48. The molecule has 8 atom stereocenters. The maximum Gasteiger partial charge on any atom is 0.158 e. The molecule has 0 aromatic heterocycles. The molecule has 0 bridgehead atoms. The Bertz CT molecular complexity index is 752. The molecular formula is C30H46O5. The third-order valence-electron chi connectivity index (χ3n) is 8.36. The summed E-state index contributed by atoms with van der Waals surface area (Å²) in [7, 11) is 0. The van der Waals surface area contributed by atoms with Crippen molar-refractivity contribution in [1.29, 1.82) is 0 Å². The van der Waals surface area contributed by atoms with Crippen molar-refractivity contribution in [2.24, 2.45) is 23.7 Å². The van der Waals surface area contributed by atoms with Crippen molar-refractivity contribution in [2.45, 2.75) is 109 Å². The summed E-state index contributed by atoms with van der Waals surface area (Å²) in [5, 5.41) is 9.44. The lowest BCUT2D eigenvalue weighted by Gasteiger charge is -2.31. The molecule has 5 nitrogen and oxygen atoms in total. The summed E-state index contributed by atoms with van der Waals surface area (Å²) in [5.41, 5.74) is 1.41. The average molecular weight is 487 g/mol. The maximum absolute atomic E-state index is 9.44. The van der Waals surface area contributed by atoms with Gasteiger partial charge < -0.3 is 24.1 Å². The van der Waals surface area contributed by atoms with E-state index < -0.39 is 0 Å². The predicted molar refractivity (Wildman–Crippen MR) is 137 cm³/mol. The van der Waals surface area contributed by atoms with Gasteiger partial charge in [0.05, 0.1) is 18.8 Å². The Kier molecular flexibility index (Phi) is 10.7. The fraction of sp³-hybridized carbons (Fsp3) is 0.800. The second-order valence-electron chi connectivity index (χ2n) is 10.9. The van der Waals surface area contributed by atoms with Crippen LogP contribution in [0.3, 0.4) is 0 Å². The third-order valence-corrected chi connectivity index (χ3v) is 8.36. The Morgan fingerprint density at radius 1 is 1.09 bits per heavy atom. The molecule has 35 heavy (non-hydrogen) atoms. The number of hydrogen-bond acceptors (Lipinski definition) is 5. The van der Waals surface area contributed by atoms with E-state index in [-0.39, 0.29) is 31.4 Å². The molecule has 0 radical (unpaired) electrons. The van der Waals surface area contributed by atoms with Gasteiger partial charge in [-0.3, -0.25) is 0 Å². The van der Waals surface area contributed by atoms with Gasteiger partial charge in [0.15, 0.2) is 12.6 Å². The number of fused-ring (bicyclic) bond motifs is 1. The first kappa shape index (κ1) is 26.9. The van der Waals surface area contributed by atoms with Crippen LogP contribution < -0.4 is 0 Å². The molecule has 0 spiro atoms. The number of ether oxygens (including phenoxy) is 4. The number of allylic oxidation sites excluding steroid dienone is 1. The Hall–Kier alpha value is -1.16. The number of rotatable bonds is 10. The standard InChI is InChI=1S/C30H46O5/c1-3-4-5-10-22(2)27(34-29-11-6-8-17-32-29)14-13-25-26-20-23(15-16-31)19-24(26)21-28(25)35-30-12-7-9-18-33-30/h13-15,22,24-31H,5-12,16-21H2,1-2H3/t22?,24-,25+,26-,27+,28+,29?,30?/m0/s1. The first-order valence-electron chi connectivity index (χ1n) is 14.1. The summed E-state index contributed by atoms with van der Waals surface area (Å²) >= 11 is 0. The van der Waals surface area contributed by atoms with Crippen LogP contribution in [0.15, 0.2) is 23.8 Å². The fourth-order valence-electron chi connectivity index (χ4n) is 6.39. The molecule has 0 aromatic rings. The van der Waals surface area contributed by atoms with Crippen molar-refractivity contribution in [3.63, 3.8) is 0 Å². The predicted octanol–water partition coefficient (Wildman–Crippen LogP) is 5.77. The topological polar surface area (TPSA) is 57.2 Å². The second-order valence-corrected chi connectivity index (χ2v) is 10.9. The van der Waals surface area contributed by atoms with Crippen molar-refractivity contribution >= 4 is 0 Å². The van der Waals surface area contributed by atoms with Crippen LogP contribution >= 0.6 is 0 Å². The molecule has 4 rings (SSSR count). The smallest absolute Gasteiger partial charge is 0.158 e. The van der Waals surface area contributed by atoms with Crippen LogP contribution in [-0.4, -0.2) is 49.7 Å². The molecular weight excluding hydrogens is 440 g/mol. The largest absolute Gasteiger partial charge is 0.392 e. The lowest BCUT2D eigenvalue weighted by molar-refractivity contribution is -0.193. The molecule has 196 valence electrons. The molecule has 5 heteroatoms. The minimum atomic E-state index is -0.109. The van der Waals surface area contributed by atoms with Crippen molar-refractivity contribution in [3.05, 3.63) is 23.8 Å². The summed E-state index contributed by atoms with van der Waals surface area (Å²) in [6, 6.07) is 0. The lowest BCUT2D eigenvalue weighted by Crippen LogP contribution is -2.32. The van der Waals surface area contributed by atoms with Crippen LogP contribution in [0.25, 0.3) is 0 Å². The van der Waals surface area contributed by atoms with E-state index in [0.29, 0.717) is 23.7 Å². The van der Waals surface area contributed by atoms with Gasteiger partial charge in [0.25, 0.3) is 0 Å². The molecule has 2 heterocycles. The highest BCUT2D eigenvalue weighted by atomic mass is 16.7. The van der Waals surface area contributed by atoms with Crippen LogP contribution in [0.4, 0.5) is 0 Å². The van der Waals surface area contributed by atoms with Crippen molar-refractivity contribution in [1.82, 2.24) is 0 Å². The molecule has 4 aliphatic rings. The highest BCUT2D eigenvalue weighted by molar-refractivity contribution is 5.18. The summed E-state index contributed by atoms with van der Waals surface area (Å²) < 4.78 is 25.0. The highest BCUT2D eigenvalue weighted by Crippen LogP contribution is 2.52. The summed E-state index contributed by atoms with van der Waals surface area (Å²) in [6.45, 7) is 5.92. The third kappa shape index (κ3) is 7.66. The van der Waals surface area contributed by atoms with E-state index in [4.69, 9.17) is 18.9 Å². The van der Waals surface area contributed by atoms with E-state index in [2.05, 4.69) is 30.9 Å². The van der Waals surface area contributed by atoms with Crippen molar-refractivity contribution in [2.75, 3.05) is 19.8 Å². The average Bonchev–Trinajstić information content (AvgIpc) is 3.40. The van der Waals surface area contributed by atoms with Gasteiger partial charge in [-0.1, -0.05) is 30.7 Å². The minimum Gasteiger partial charge on any atom is -0.392 e. The van der Waals surface area contributed by atoms with E-state index >= 15 is 0 Å². The molecule has 0 amide bonds. The zero-order chi connectivity index (χ0) is 24.5. The van der Waals surface area contributed by atoms with Gasteiger partial charge in [0.1, 0.15) is 0 Å². The number of aliphatic hydroxyl groups excluding tert-OH is 1. The van der Waals surface area contributed by atoms with Gasteiger partial charge in [-0.05, 0) is 88.9 Å². The first-order chi connectivity index (χ1) is 17.2. The van der Waals surface area contributed by atoms with E-state index in [1.807, 2.05) is 13.0 Å². The summed E-state index contributed by atoms with van der Waals surface area (Å²) in [5.74, 6) is 8.12. The fourth-order valence-corrected chi connectivity index (χ4v) is 6.39. The van der Waals surface area contributed by atoms with Crippen LogP contribution in [0.5, 0.6) is 0 Å². The van der Waals surface area contributed by atoms with Gasteiger partial charge in [-0.15, -0.1) is 11.8 Å². The van der Waals surface area contributed by atoms with Crippen LogP contribution in [-0.2, 0) is 18.9 Å². The molecule has 0 aromatic carbocycles. The van der Waals surface area contributed by atoms with Gasteiger partial charge >= 0.3 is 0 Å². The van der Waals surface area contributed by atoms with Gasteiger partial charge in [0, 0.05) is 25.6 Å².